The average Bonchev–Trinajstić information content (AvgIpc) is 3.02. The summed E-state index contributed by atoms with van der Waals surface area (Å²) in [5, 5.41) is 5.22. The Morgan fingerprint density at radius 3 is 1.83 bits per heavy atom. The molecule has 0 aliphatic carbocycles. The van der Waals surface area contributed by atoms with E-state index >= 15 is 0 Å². The molecule has 41 heavy (non-hydrogen) atoms. The SMILES string of the molecule is COC(=O)[C@@H](Cc1ccc(OCc2ccccc2)c(OCc2ccccc2)c1)NC(=O)CNC(=O)c1ccccc1. The Kier molecular flexibility index (Phi) is 10.5. The van der Waals surface area contributed by atoms with E-state index in [9.17, 15) is 14.4 Å². The highest BCUT2D eigenvalue weighted by Gasteiger charge is 2.23. The topological polar surface area (TPSA) is 103 Å². The van der Waals surface area contributed by atoms with Gasteiger partial charge in [0.25, 0.3) is 5.91 Å². The maximum absolute atomic E-state index is 12.6. The zero-order chi connectivity index (χ0) is 28.9. The summed E-state index contributed by atoms with van der Waals surface area (Å²) in [6.07, 6.45) is 0.145. The summed E-state index contributed by atoms with van der Waals surface area (Å²) >= 11 is 0. The largest absolute Gasteiger partial charge is 0.485 e. The van der Waals surface area contributed by atoms with Gasteiger partial charge in [-0.15, -0.1) is 0 Å². The van der Waals surface area contributed by atoms with E-state index in [0.29, 0.717) is 30.3 Å². The Hall–Kier alpha value is -5.11. The van der Waals surface area contributed by atoms with E-state index in [2.05, 4.69) is 10.6 Å². The van der Waals surface area contributed by atoms with Crippen LogP contribution in [0.3, 0.4) is 0 Å². The Morgan fingerprint density at radius 2 is 1.24 bits per heavy atom. The molecular weight excluding hydrogens is 520 g/mol. The molecule has 8 heteroatoms. The highest BCUT2D eigenvalue weighted by molar-refractivity contribution is 5.96. The van der Waals surface area contributed by atoms with Crippen LogP contribution in [0.5, 0.6) is 11.5 Å². The third-order valence-corrected chi connectivity index (χ3v) is 6.19. The van der Waals surface area contributed by atoms with Crippen LogP contribution in [0.25, 0.3) is 0 Å². The van der Waals surface area contributed by atoms with Crippen molar-refractivity contribution >= 4 is 17.8 Å². The van der Waals surface area contributed by atoms with Crippen LogP contribution in [0.1, 0.15) is 27.0 Å². The lowest BCUT2D eigenvalue weighted by Gasteiger charge is -2.19. The van der Waals surface area contributed by atoms with Crippen LogP contribution >= 0.6 is 0 Å². The van der Waals surface area contributed by atoms with E-state index < -0.39 is 17.9 Å². The summed E-state index contributed by atoms with van der Waals surface area (Å²) in [7, 11) is 1.26. The number of amides is 2. The highest BCUT2D eigenvalue weighted by Crippen LogP contribution is 2.30. The molecule has 0 fully saturated rings. The van der Waals surface area contributed by atoms with Crippen molar-refractivity contribution in [2.75, 3.05) is 13.7 Å². The van der Waals surface area contributed by atoms with Gasteiger partial charge in [-0.05, 0) is 41.0 Å². The van der Waals surface area contributed by atoms with Gasteiger partial charge in [0.1, 0.15) is 19.3 Å². The summed E-state index contributed by atoms with van der Waals surface area (Å²) < 4.78 is 17.1. The van der Waals surface area contributed by atoms with Crippen molar-refractivity contribution in [1.29, 1.82) is 0 Å². The van der Waals surface area contributed by atoms with Gasteiger partial charge in [-0.25, -0.2) is 4.79 Å². The fourth-order valence-corrected chi connectivity index (χ4v) is 4.05. The Labute approximate surface area is 239 Å². The predicted molar refractivity (Wildman–Crippen MR) is 154 cm³/mol. The number of hydrogen-bond donors (Lipinski definition) is 2. The first kappa shape index (κ1) is 28.9. The fraction of sp³-hybridized carbons (Fsp3) is 0.182. The summed E-state index contributed by atoms with van der Waals surface area (Å²) in [6.45, 7) is 0.390. The molecule has 0 saturated heterocycles. The van der Waals surface area contributed by atoms with Crippen LogP contribution in [0.2, 0.25) is 0 Å². The molecule has 4 aromatic carbocycles. The molecule has 0 unspecified atom stereocenters. The summed E-state index contributed by atoms with van der Waals surface area (Å²) in [4.78, 5) is 37.5. The van der Waals surface area contributed by atoms with Crippen LogP contribution in [0, 0.1) is 0 Å². The van der Waals surface area contributed by atoms with E-state index in [1.54, 1.807) is 42.5 Å². The van der Waals surface area contributed by atoms with Crippen LogP contribution in [0.15, 0.2) is 109 Å². The van der Waals surface area contributed by atoms with Crippen molar-refractivity contribution in [2.24, 2.45) is 0 Å². The van der Waals surface area contributed by atoms with Crippen molar-refractivity contribution in [3.8, 4) is 11.5 Å². The van der Waals surface area contributed by atoms with Gasteiger partial charge in [0.05, 0.1) is 13.7 Å². The first-order valence-electron chi connectivity index (χ1n) is 13.2. The second-order valence-electron chi connectivity index (χ2n) is 9.23. The van der Waals surface area contributed by atoms with Gasteiger partial charge < -0.3 is 24.8 Å². The number of carbonyl (C=O) groups is 3. The molecule has 0 bridgehead atoms. The summed E-state index contributed by atoms with van der Waals surface area (Å²) in [5.41, 5.74) is 3.16. The molecule has 8 nitrogen and oxygen atoms in total. The maximum atomic E-state index is 12.6. The van der Waals surface area contributed by atoms with Crippen LogP contribution < -0.4 is 20.1 Å². The molecule has 210 valence electrons. The number of ether oxygens (including phenoxy) is 3. The zero-order valence-corrected chi connectivity index (χ0v) is 22.7. The van der Waals surface area contributed by atoms with E-state index in [-0.39, 0.29) is 18.9 Å². The standard InChI is InChI=1S/C33H32N2O6/c1-39-33(38)28(35-31(36)21-34-32(37)27-15-9-4-10-16-27)19-26-17-18-29(40-22-24-11-5-2-6-12-24)30(20-26)41-23-25-13-7-3-8-14-25/h2-18,20,28H,19,21-23H2,1H3,(H,34,37)(H,35,36)/t28-/m1/s1. The molecule has 0 aliphatic heterocycles. The van der Waals surface area contributed by atoms with E-state index in [1.807, 2.05) is 66.7 Å². The summed E-state index contributed by atoms with van der Waals surface area (Å²) in [6, 6.07) is 32.5. The first-order chi connectivity index (χ1) is 20.0. The lowest BCUT2D eigenvalue weighted by Crippen LogP contribution is -2.47. The van der Waals surface area contributed by atoms with E-state index in [4.69, 9.17) is 14.2 Å². The molecule has 0 saturated carbocycles. The van der Waals surface area contributed by atoms with Gasteiger partial charge in [-0.2, -0.15) is 0 Å². The normalized spacial score (nSPS) is 11.1. The third kappa shape index (κ3) is 8.96. The smallest absolute Gasteiger partial charge is 0.328 e. The molecule has 0 aliphatic rings. The number of carbonyl (C=O) groups excluding carboxylic acids is 3. The highest BCUT2D eigenvalue weighted by atomic mass is 16.5. The van der Waals surface area contributed by atoms with Crippen molar-refractivity contribution in [3.05, 3.63) is 131 Å². The Morgan fingerprint density at radius 1 is 0.683 bits per heavy atom. The Balaban J connectivity index is 1.45. The molecule has 0 heterocycles. The van der Waals surface area contributed by atoms with Crippen LogP contribution in [-0.4, -0.2) is 37.5 Å². The molecule has 0 aromatic heterocycles. The predicted octanol–water partition coefficient (Wildman–Crippen LogP) is 4.47. The van der Waals surface area contributed by atoms with Crippen LogP contribution in [0.4, 0.5) is 0 Å². The van der Waals surface area contributed by atoms with Crippen LogP contribution in [-0.2, 0) is 34.0 Å². The fourth-order valence-electron chi connectivity index (χ4n) is 4.05. The maximum Gasteiger partial charge on any atom is 0.328 e. The molecular formula is C33H32N2O6. The first-order valence-corrected chi connectivity index (χ1v) is 13.2. The molecule has 4 aromatic rings. The van der Waals surface area contributed by atoms with Gasteiger partial charge >= 0.3 is 5.97 Å². The molecule has 0 spiro atoms. The number of hydrogen-bond acceptors (Lipinski definition) is 6. The van der Waals surface area contributed by atoms with Gasteiger partial charge in [-0.1, -0.05) is 84.9 Å². The van der Waals surface area contributed by atoms with E-state index in [1.165, 1.54) is 7.11 Å². The minimum Gasteiger partial charge on any atom is -0.485 e. The number of esters is 1. The average molecular weight is 553 g/mol. The van der Waals surface area contributed by atoms with Crippen molar-refractivity contribution < 1.29 is 28.6 Å². The molecule has 4 rings (SSSR count). The number of benzene rings is 4. The lowest BCUT2D eigenvalue weighted by atomic mass is 10.0. The molecule has 1 atom stereocenters. The van der Waals surface area contributed by atoms with Gasteiger partial charge in [0, 0.05) is 12.0 Å². The zero-order valence-electron chi connectivity index (χ0n) is 22.7. The Bertz CT molecular complexity index is 1430. The molecule has 2 amide bonds. The van der Waals surface area contributed by atoms with Gasteiger partial charge in [0.15, 0.2) is 11.5 Å². The van der Waals surface area contributed by atoms with Crippen molar-refractivity contribution in [1.82, 2.24) is 10.6 Å². The minimum absolute atomic E-state index is 0.145. The quantitative estimate of drug-likeness (QED) is 0.237. The lowest BCUT2D eigenvalue weighted by molar-refractivity contribution is -0.144. The molecule has 2 N–H and O–H groups in total. The van der Waals surface area contributed by atoms with Crippen molar-refractivity contribution in [2.45, 2.75) is 25.7 Å². The molecule has 0 radical (unpaired) electrons. The van der Waals surface area contributed by atoms with E-state index in [0.717, 1.165) is 16.7 Å². The second kappa shape index (κ2) is 14.9. The minimum atomic E-state index is -0.973. The monoisotopic (exact) mass is 552 g/mol. The number of nitrogens with one attached hydrogen (secondary N) is 2. The summed E-state index contributed by atoms with van der Waals surface area (Å²) in [5.74, 6) is -0.457. The third-order valence-electron chi connectivity index (χ3n) is 6.19. The number of rotatable bonds is 13. The van der Waals surface area contributed by atoms with Gasteiger partial charge in [-0.3, -0.25) is 9.59 Å². The second-order valence-corrected chi connectivity index (χ2v) is 9.23. The number of methoxy groups -OCH3 is 1. The van der Waals surface area contributed by atoms with Crippen molar-refractivity contribution in [3.63, 3.8) is 0 Å². The van der Waals surface area contributed by atoms with Gasteiger partial charge in [0.2, 0.25) is 5.91 Å².